The van der Waals surface area contributed by atoms with Gasteiger partial charge in [-0.1, -0.05) is 29.4 Å². The van der Waals surface area contributed by atoms with Crippen molar-refractivity contribution in [2.45, 2.75) is 32.4 Å². The second kappa shape index (κ2) is 6.59. The zero-order valence-electron chi connectivity index (χ0n) is 14.3. The number of carbonyl (C=O) groups excluding carboxylic acids is 1. The van der Waals surface area contributed by atoms with Crippen LogP contribution in [0.4, 0.5) is 0 Å². The highest BCUT2D eigenvalue weighted by atomic mass is 16.5. The summed E-state index contributed by atoms with van der Waals surface area (Å²) in [5.74, 6) is 0.629. The van der Waals surface area contributed by atoms with E-state index in [1.165, 1.54) is 16.2 Å². The highest BCUT2D eigenvalue weighted by Crippen LogP contribution is 2.30. The Kier molecular flexibility index (Phi) is 4.12. The molecule has 7 nitrogen and oxygen atoms in total. The third kappa shape index (κ3) is 3.15. The molecular weight excluding hydrogens is 332 g/mol. The number of nitrogens with zero attached hydrogens (tertiary/aromatic N) is 3. The summed E-state index contributed by atoms with van der Waals surface area (Å²) in [6, 6.07) is 11.1. The van der Waals surface area contributed by atoms with Gasteiger partial charge in [0.05, 0.1) is 11.6 Å². The number of hydrogen-bond acceptors (Lipinski definition) is 5. The molecule has 3 aromatic rings. The summed E-state index contributed by atoms with van der Waals surface area (Å²) in [5.41, 5.74) is 2.77. The van der Waals surface area contributed by atoms with Crippen LogP contribution in [0.5, 0.6) is 0 Å². The average molecular weight is 350 g/mol. The Bertz CT molecular complexity index is 1020. The number of benzene rings is 1. The lowest BCUT2D eigenvalue weighted by atomic mass is 10.1. The van der Waals surface area contributed by atoms with Gasteiger partial charge in [0.1, 0.15) is 6.54 Å². The average Bonchev–Trinajstić information content (AvgIpc) is 3.24. The molecule has 0 spiro atoms. The second-order valence-corrected chi connectivity index (χ2v) is 6.39. The minimum Gasteiger partial charge on any atom is -0.348 e. The Labute approximate surface area is 149 Å². The molecule has 26 heavy (non-hydrogen) atoms. The smallest absolute Gasteiger partial charge is 0.259 e. The first-order valence-corrected chi connectivity index (χ1v) is 8.48. The maximum Gasteiger partial charge on any atom is 0.259 e. The van der Waals surface area contributed by atoms with Gasteiger partial charge in [0.2, 0.25) is 5.91 Å². The van der Waals surface area contributed by atoms with Gasteiger partial charge < -0.3 is 14.4 Å². The van der Waals surface area contributed by atoms with E-state index in [9.17, 15) is 9.59 Å². The lowest BCUT2D eigenvalue weighted by Crippen LogP contribution is -2.33. The molecule has 132 valence electrons. The van der Waals surface area contributed by atoms with E-state index < -0.39 is 0 Å². The van der Waals surface area contributed by atoms with Crippen LogP contribution in [0.3, 0.4) is 0 Å². The number of pyridine rings is 1. The van der Waals surface area contributed by atoms with Crippen LogP contribution >= 0.6 is 0 Å². The molecule has 1 aromatic carbocycles. The van der Waals surface area contributed by atoms with Gasteiger partial charge in [0.25, 0.3) is 11.4 Å². The van der Waals surface area contributed by atoms with Gasteiger partial charge in [0.15, 0.2) is 5.82 Å². The monoisotopic (exact) mass is 350 g/mol. The van der Waals surface area contributed by atoms with Crippen LogP contribution in [-0.4, -0.2) is 20.6 Å². The molecule has 4 rings (SSSR count). The van der Waals surface area contributed by atoms with Crippen LogP contribution in [0.25, 0.3) is 11.5 Å². The van der Waals surface area contributed by atoms with E-state index in [0.29, 0.717) is 17.3 Å². The highest BCUT2D eigenvalue weighted by molar-refractivity contribution is 5.76. The summed E-state index contributed by atoms with van der Waals surface area (Å²) in [6.07, 6.45) is 3.39. The first-order valence-electron chi connectivity index (χ1n) is 8.48. The van der Waals surface area contributed by atoms with Crippen molar-refractivity contribution in [2.75, 3.05) is 0 Å². The van der Waals surface area contributed by atoms with E-state index in [4.69, 9.17) is 4.52 Å². The standard InChI is InChI=1S/C19H18N4O3/c1-12-20-19(26-22-12)14-7-9-18(25)23(10-14)11-17(24)21-16-8-6-13-4-2-3-5-15(13)16/h2-5,7,9-10,16H,6,8,11H2,1H3,(H,21,24)/t16-/m1/s1. The number of amides is 1. The van der Waals surface area contributed by atoms with E-state index in [0.717, 1.165) is 18.4 Å². The number of carbonyl (C=O) groups is 1. The van der Waals surface area contributed by atoms with Gasteiger partial charge in [-0.15, -0.1) is 0 Å². The maximum absolute atomic E-state index is 12.5. The Morgan fingerprint density at radius 3 is 2.96 bits per heavy atom. The quantitative estimate of drug-likeness (QED) is 0.777. The van der Waals surface area contributed by atoms with E-state index >= 15 is 0 Å². The van der Waals surface area contributed by atoms with Crippen molar-refractivity contribution >= 4 is 5.91 Å². The zero-order valence-corrected chi connectivity index (χ0v) is 14.3. The summed E-state index contributed by atoms with van der Waals surface area (Å²) in [4.78, 5) is 28.7. The summed E-state index contributed by atoms with van der Waals surface area (Å²) in [7, 11) is 0. The Hall–Kier alpha value is -3.22. The SMILES string of the molecule is Cc1noc(-c2ccc(=O)n(CC(=O)N[C@@H]3CCc4ccccc43)c2)n1. The largest absolute Gasteiger partial charge is 0.348 e. The summed E-state index contributed by atoms with van der Waals surface area (Å²) in [6.45, 7) is 1.66. The Morgan fingerprint density at radius 1 is 1.31 bits per heavy atom. The molecule has 7 heteroatoms. The fourth-order valence-electron chi connectivity index (χ4n) is 3.30. The Morgan fingerprint density at radius 2 is 2.15 bits per heavy atom. The van der Waals surface area contributed by atoms with Gasteiger partial charge in [0, 0.05) is 12.3 Å². The zero-order chi connectivity index (χ0) is 18.1. The van der Waals surface area contributed by atoms with E-state index in [-0.39, 0.29) is 24.1 Å². The van der Waals surface area contributed by atoms with Crippen molar-refractivity contribution in [2.24, 2.45) is 0 Å². The molecule has 0 saturated carbocycles. The second-order valence-electron chi connectivity index (χ2n) is 6.39. The maximum atomic E-state index is 12.5. The molecule has 1 atom stereocenters. The van der Waals surface area contributed by atoms with Crippen LogP contribution in [0, 0.1) is 6.92 Å². The van der Waals surface area contributed by atoms with Gasteiger partial charge in [-0.25, -0.2) is 0 Å². The van der Waals surface area contributed by atoms with Crippen molar-refractivity contribution in [3.8, 4) is 11.5 Å². The van der Waals surface area contributed by atoms with Crippen LogP contribution < -0.4 is 10.9 Å². The predicted molar refractivity (Wildman–Crippen MR) is 94.4 cm³/mol. The van der Waals surface area contributed by atoms with Crippen molar-refractivity contribution in [3.05, 3.63) is 69.9 Å². The molecule has 0 aliphatic heterocycles. The molecule has 1 aliphatic rings. The third-order valence-corrected chi connectivity index (χ3v) is 4.54. The number of fused-ring (bicyclic) bond motifs is 1. The summed E-state index contributed by atoms with van der Waals surface area (Å²) in [5, 5.41) is 6.77. The number of nitrogens with one attached hydrogen (secondary N) is 1. The van der Waals surface area contributed by atoms with Crippen molar-refractivity contribution in [1.29, 1.82) is 0 Å². The number of hydrogen-bond donors (Lipinski definition) is 1. The minimum absolute atomic E-state index is 0.00354. The number of rotatable bonds is 4. The lowest BCUT2D eigenvalue weighted by Gasteiger charge is -2.15. The van der Waals surface area contributed by atoms with Crippen molar-refractivity contribution in [1.82, 2.24) is 20.0 Å². The molecular formula is C19H18N4O3. The van der Waals surface area contributed by atoms with Gasteiger partial charge in [-0.05, 0) is 37.0 Å². The molecule has 0 radical (unpaired) electrons. The van der Waals surface area contributed by atoms with Crippen molar-refractivity contribution < 1.29 is 9.32 Å². The topological polar surface area (TPSA) is 90.0 Å². The third-order valence-electron chi connectivity index (χ3n) is 4.54. The normalized spacial score (nSPS) is 15.7. The van der Waals surface area contributed by atoms with Gasteiger partial charge in [-0.3, -0.25) is 9.59 Å². The number of aromatic nitrogens is 3. The minimum atomic E-state index is -0.257. The predicted octanol–water partition coefficient (Wildman–Crippen LogP) is 2.01. The fourth-order valence-corrected chi connectivity index (χ4v) is 3.30. The van der Waals surface area contributed by atoms with Crippen LogP contribution in [0.2, 0.25) is 0 Å². The first kappa shape index (κ1) is 16.3. The van der Waals surface area contributed by atoms with Gasteiger partial charge in [-0.2, -0.15) is 4.98 Å². The van der Waals surface area contributed by atoms with Crippen LogP contribution in [-0.2, 0) is 17.8 Å². The van der Waals surface area contributed by atoms with E-state index in [2.05, 4.69) is 21.5 Å². The molecule has 0 fully saturated rings. The summed E-state index contributed by atoms with van der Waals surface area (Å²) >= 11 is 0. The Balaban J connectivity index is 1.50. The summed E-state index contributed by atoms with van der Waals surface area (Å²) < 4.78 is 6.47. The molecule has 2 heterocycles. The molecule has 0 unspecified atom stereocenters. The van der Waals surface area contributed by atoms with E-state index in [1.54, 1.807) is 19.2 Å². The first-order chi connectivity index (χ1) is 12.6. The van der Waals surface area contributed by atoms with Crippen LogP contribution in [0.15, 0.2) is 51.9 Å². The number of aryl methyl sites for hydroxylation is 2. The van der Waals surface area contributed by atoms with Crippen LogP contribution in [0.1, 0.15) is 29.4 Å². The van der Waals surface area contributed by atoms with E-state index in [1.807, 2.05) is 18.2 Å². The molecule has 0 bridgehead atoms. The lowest BCUT2D eigenvalue weighted by molar-refractivity contribution is -0.122. The molecule has 1 aliphatic carbocycles. The molecule has 2 aromatic heterocycles. The molecule has 1 amide bonds. The van der Waals surface area contributed by atoms with Gasteiger partial charge >= 0.3 is 0 Å². The fraction of sp³-hybridized carbons (Fsp3) is 0.263. The molecule has 0 saturated heterocycles. The molecule has 1 N–H and O–H groups in total. The highest BCUT2D eigenvalue weighted by Gasteiger charge is 2.23. The van der Waals surface area contributed by atoms with Crippen molar-refractivity contribution in [3.63, 3.8) is 0 Å².